The molecule has 133 valence electrons. The lowest BCUT2D eigenvalue weighted by Crippen LogP contribution is -2.13. The van der Waals surface area contributed by atoms with Crippen LogP contribution < -0.4 is 9.31 Å². The molecule has 0 aliphatic heterocycles. The average molecular weight is 359 g/mol. The van der Waals surface area contributed by atoms with Crippen LogP contribution in [0.2, 0.25) is 0 Å². The van der Waals surface area contributed by atoms with E-state index in [-0.39, 0.29) is 12.0 Å². The summed E-state index contributed by atoms with van der Waals surface area (Å²) in [5, 5.41) is 8.45. The molecule has 0 N–H and O–H groups in total. The van der Waals surface area contributed by atoms with E-state index in [4.69, 9.17) is 9.31 Å². The van der Waals surface area contributed by atoms with Crippen LogP contribution in [0, 0.1) is 0 Å². The van der Waals surface area contributed by atoms with Gasteiger partial charge in [-0.15, -0.1) is 10.2 Å². The Balaban J connectivity index is 1.25. The molecule has 9 heteroatoms. The van der Waals surface area contributed by atoms with Gasteiger partial charge >= 0.3 is 19.7 Å². The van der Waals surface area contributed by atoms with Gasteiger partial charge in [0.2, 0.25) is 0 Å². The van der Waals surface area contributed by atoms with E-state index >= 15 is 0 Å². The molecule has 2 heterocycles. The molecule has 2 aromatic heterocycles. The van der Waals surface area contributed by atoms with Crippen LogP contribution in [0.1, 0.15) is 11.1 Å². The van der Waals surface area contributed by atoms with Crippen LogP contribution in [0.15, 0.2) is 73.3 Å². The van der Waals surface area contributed by atoms with Crippen molar-refractivity contribution in [1.82, 2.24) is 29.5 Å². The Labute approximate surface area is 156 Å². The number of nitrogens with zero attached hydrogens (tertiary/aromatic N) is 6. The summed E-state index contributed by atoms with van der Waals surface area (Å²) in [6.45, 7) is 1.23. The normalized spacial score (nSPS) is 10.5. The van der Waals surface area contributed by atoms with Gasteiger partial charge in [0.15, 0.2) is 0 Å². The lowest BCUT2D eigenvalue weighted by molar-refractivity contribution is 0.413. The van der Waals surface area contributed by atoms with E-state index in [1.165, 1.54) is 0 Å². The Kier molecular flexibility index (Phi) is 5.10. The summed E-state index contributed by atoms with van der Waals surface area (Å²) < 4.78 is 13.9. The second kappa shape index (κ2) is 8.18. The SMILES string of the molecule is [B](Oc1ncn(Cc2ccccc2)n1)Oc1ncn(Cc2ccccc2)n1. The van der Waals surface area contributed by atoms with Crippen molar-refractivity contribution in [3.05, 3.63) is 84.4 Å². The van der Waals surface area contributed by atoms with Gasteiger partial charge in [0.1, 0.15) is 12.7 Å². The van der Waals surface area contributed by atoms with Crippen LogP contribution in [-0.2, 0) is 13.1 Å². The minimum atomic E-state index is 0.189. The highest BCUT2D eigenvalue weighted by Gasteiger charge is 2.09. The fraction of sp³-hybridized carbons (Fsp3) is 0.111. The third-order valence-corrected chi connectivity index (χ3v) is 3.71. The number of rotatable bonds is 8. The Morgan fingerprint density at radius 1 is 0.667 bits per heavy atom. The number of hydrogen-bond acceptors (Lipinski definition) is 6. The molecular weight excluding hydrogens is 343 g/mol. The third-order valence-electron chi connectivity index (χ3n) is 3.71. The van der Waals surface area contributed by atoms with Gasteiger partial charge in [-0.25, -0.2) is 9.36 Å². The van der Waals surface area contributed by atoms with Crippen LogP contribution in [0.4, 0.5) is 0 Å². The highest BCUT2D eigenvalue weighted by atomic mass is 16.6. The first-order valence-corrected chi connectivity index (χ1v) is 8.37. The summed E-state index contributed by atoms with van der Waals surface area (Å²) in [5.74, 6) is 0. The highest BCUT2D eigenvalue weighted by Crippen LogP contribution is 2.06. The van der Waals surface area contributed by atoms with Gasteiger partial charge in [-0.05, 0) is 11.1 Å². The molecule has 27 heavy (non-hydrogen) atoms. The van der Waals surface area contributed by atoms with Gasteiger partial charge in [0.05, 0.1) is 13.1 Å². The monoisotopic (exact) mass is 359 g/mol. The molecule has 4 rings (SSSR count). The first kappa shape index (κ1) is 16.8. The molecule has 4 aromatic rings. The molecule has 0 bridgehead atoms. The number of hydrogen-bond donors (Lipinski definition) is 0. The molecule has 1 radical (unpaired) electrons. The van der Waals surface area contributed by atoms with Crippen LogP contribution in [0.5, 0.6) is 12.0 Å². The van der Waals surface area contributed by atoms with Crippen LogP contribution >= 0.6 is 0 Å². The first-order valence-electron chi connectivity index (χ1n) is 8.37. The van der Waals surface area contributed by atoms with Crippen LogP contribution in [-0.4, -0.2) is 37.2 Å². The lowest BCUT2D eigenvalue weighted by Gasteiger charge is -2.01. The van der Waals surface area contributed by atoms with E-state index in [1.54, 1.807) is 22.0 Å². The predicted octanol–water partition coefficient (Wildman–Crippen LogP) is 1.96. The summed E-state index contributed by atoms with van der Waals surface area (Å²) in [4.78, 5) is 8.15. The number of aromatic nitrogens is 6. The summed E-state index contributed by atoms with van der Waals surface area (Å²) in [6, 6.07) is 20.3. The molecule has 0 saturated carbocycles. The predicted molar refractivity (Wildman–Crippen MR) is 98.1 cm³/mol. The molecule has 8 nitrogen and oxygen atoms in total. The maximum atomic E-state index is 5.28. The van der Waals surface area contributed by atoms with Gasteiger partial charge in [-0.1, -0.05) is 60.7 Å². The van der Waals surface area contributed by atoms with E-state index < -0.39 is 0 Å². The number of benzene rings is 2. The molecule has 0 unspecified atom stereocenters. The minimum absolute atomic E-state index is 0.189. The van der Waals surface area contributed by atoms with Gasteiger partial charge in [-0.3, -0.25) is 0 Å². The molecule has 0 spiro atoms. The maximum Gasteiger partial charge on any atom is 0.662 e. The second-order valence-corrected chi connectivity index (χ2v) is 5.75. The van der Waals surface area contributed by atoms with E-state index in [0.717, 1.165) is 18.8 Å². The van der Waals surface area contributed by atoms with Crippen molar-refractivity contribution in [1.29, 1.82) is 0 Å². The summed E-state index contributed by atoms with van der Waals surface area (Å²) >= 11 is 0. The molecule has 0 saturated heterocycles. The second-order valence-electron chi connectivity index (χ2n) is 5.75. The van der Waals surface area contributed by atoms with Crippen LogP contribution in [0.25, 0.3) is 0 Å². The highest BCUT2D eigenvalue weighted by molar-refractivity contribution is 6.20. The van der Waals surface area contributed by atoms with Crippen molar-refractivity contribution < 1.29 is 9.31 Å². The zero-order valence-corrected chi connectivity index (χ0v) is 14.4. The Hall–Kier alpha value is -3.62. The Bertz CT molecular complexity index is 894. The lowest BCUT2D eigenvalue weighted by atomic mass is 10.2. The van der Waals surface area contributed by atoms with Crippen molar-refractivity contribution in [3.63, 3.8) is 0 Å². The van der Waals surface area contributed by atoms with Crippen molar-refractivity contribution in [2.45, 2.75) is 13.1 Å². The van der Waals surface area contributed by atoms with Crippen molar-refractivity contribution in [2.75, 3.05) is 0 Å². The molecule has 2 aromatic carbocycles. The fourth-order valence-corrected chi connectivity index (χ4v) is 2.47. The molecular formula is C18H16BN6O2. The van der Waals surface area contributed by atoms with Gasteiger partial charge in [-0.2, -0.15) is 9.97 Å². The topological polar surface area (TPSA) is 79.9 Å². The smallest absolute Gasteiger partial charge is 0.496 e. The van der Waals surface area contributed by atoms with E-state index in [1.807, 2.05) is 60.7 Å². The zero-order valence-electron chi connectivity index (χ0n) is 14.4. The first-order chi connectivity index (χ1) is 13.3. The fourth-order valence-electron chi connectivity index (χ4n) is 2.47. The summed E-state index contributed by atoms with van der Waals surface area (Å²) in [6.07, 6.45) is 3.20. The quantitative estimate of drug-likeness (QED) is 0.448. The van der Waals surface area contributed by atoms with Crippen molar-refractivity contribution in [3.8, 4) is 12.0 Å². The third kappa shape index (κ3) is 4.72. The minimum Gasteiger partial charge on any atom is -0.496 e. The van der Waals surface area contributed by atoms with Gasteiger partial charge in [0, 0.05) is 0 Å². The Morgan fingerprint density at radius 3 is 1.56 bits per heavy atom. The van der Waals surface area contributed by atoms with Crippen molar-refractivity contribution >= 4 is 7.69 Å². The van der Waals surface area contributed by atoms with E-state index in [2.05, 4.69) is 20.2 Å². The molecule has 0 atom stereocenters. The molecule has 0 aliphatic carbocycles. The molecule has 0 aliphatic rings. The maximum absolute atomic E-state index is 5.28. The molecule has 0 fully saturated rings. The van der Waals surface area contributed by atoms with E-state index in [9.17, 15) is 0 Å². The Morgan fingerprint density at radius 2 is 1.11 bits per heavy atom. The largest absolute Gasteiger partial charge is 0.662 e. The van der Waals surface area contributed by atoms with Gasteiger partial charge in [0.25, 0.3) is 0 Å². The molecule has 0 amide bonds. The summed E-state index contributed by atoms with van der Waals surface area (Å²) in [7, 11) is 1.12. The van der Waals surface area contributed by atoms with E-state index in [0.29, 0.717) is 13.1 Å². The summed E-state index contributed by atoms with van der Waals surface area (Å²) in [5.41, 5.74) is 2.25. The van der Waals surface area contributed by atoms with Crippen molar-refractivity contribution in [2.24, 2.45) is 0 Å². The van der Waals surface area contributed by atoms with Gasteiger partial charge < -0.3 is 9.31 Å². The standard InChI is InChI=1S/C18H16BN6O2/c1-3-7-15(8-4-1)11-24-13-20-17(22-24)26-19-27-18-21-14-25(23-18)12-16-9-5-2-6-10-16/h1-10,13-14H,11-12H2. The zero-order chi connectivity index (χ0) is 18.3. The van der Waals surface area contributed by atoms with Crippen LogP contribution in [0.3, 0.4) is 0 Å². The average Bonchev–Trinajstić information content (AvgIpc) is 3.33.